The van der Waals surface area contributed by atoms with Crippen molar-refractivity contribution in [3.63, 3.8) is 0 Å². The van der Waals surface area contributed by atoms with E-state index in [0.29, 0.717) is 12.8 Å². The summed E-state index contributed by atoms with van der Waals surface area (Å²) in [6.45, 7) is 3.55. The van der Waals surface area contributed by atoms with Gasteiger partial charge in [0.15, 0.2) is 0 Å². The molecule has 0 heterocycles. The van der Waals surface area contributed by atoms with Crippen LogP contribution < -0.4 is 5.73 Å². The number of hydrogen-bond donors (Lipinski definition) is 4. The van der Waals surface area contributed by atoms with E-state index < -0.39 is 23.9 Å². The van der Waals surface area contributed by atoms with Crippen LogP contribution >= 0.6 is 0 Å². The number of rotatable bonds is 7. The van der Waals surface area contributed by atoms with Gasteiger partial charge in [-0.1, -0.05) is 13.8 Å². The maximum Gasteiger partial charge on any atom is 0.320 e. The molecule has 0 aliphatic heterocycles. The Bertz CT molecular complexity index is 261. The van der Waals surface area contributed by atoms with Crippen LogP contribution in [-0.2, 0) is 14.4 Å². The van der Waals surface area contributed by atoms with E-state index in [2.05, 4.69) is 0 Å². The monoisotopic (exact) mass is 263 g/mol. The second-order valence-corrected chi connectivity index (χ2v) is 4.10. The van der Waals surface area contributed by atoms with Gasteiger partial charge in [-0.25, -0.2) is 0 Å². The maximum atomic E-state index is 10.0. The molecule has 0 radical (unpaired) electrons. The van der Waals surface area contributed by atoms with Crippen molar-refractivity contribution in [3.8, 4) is 0 Å². The van der Waals surface area contributed by atoms with Gasteiger partial charge >= 0.3 is 17.9 Å². The van der Waals surface area contributed by atoms with Crippen molar-refractivity contribution < 1.29 is 29.7 Å². The molecule has 7 heteroatoms. The largest absolute Gasteiger partial charge is 0.481 e. The minimum Gasteiger partial charge on any atom is -0.481 e. The van der Waals surface area contributed by atoms with Crippen molar-refractivity contribution in [1.29, 1.82) is 0 Å². The van der Waals surface area contributed by atoms with Gasteiger partial charge in [0.2, 0.25) is 0 Å². The zero-order valence-corrected chi connectivity index (χ0v) is 10.6. The van der Waals surface area contributed by atoms with E-state index in [0.717, 1.165) is 0 Å². The van der Waals surface area contributed by atoms with Crippen molar-refractivity contribution in [3.05, 3.63) is 0 Å². The van der Waals surface area contributed by atoms with Crippen LogP contribution in [0.25, 0.3) is 0 Å². The first kappa shape index (κ1) is 18.7. The number of unbranched alkanes of at least 4 members (excludes halogenated alkanes) is 1. The van der Waals surface area contributed by atoms with E-state index in [1.807, 2.05) is 0 Å². The van der Waals surface area contributed by atoms with Gasteiger partial charge in [-0.2, -0.15) is 0 Å². The molecule has 0 aromatic heterocycles. The number of nitrogens with two attached hydrogens (primary N) is 1. The van der Waals surface area contributed by atoms with Crippen molar-refractivity contribution in [2.75, 3.05) is 0 Å². The Morgan fingerprint density at radius 1 is 0.944 bits per heavy atom. The molecule has 5 N–H and O–H groups in total. The Hall–Kier alpha value is -1.63. The number of hydrogen-bond acceptors (Lipinski definition) is 4. The Morgan fingerprint density at radius 3 is 1.39 bits per heavy atom. The fourth-order valence-corrected chi connectivity index (χ4v) is 0.838. The third kappa shape index (κ3) is 14.4. The molecule has 0 saturated heterocycles. The van der Waals surface area contributed by atoms with Gasteiger partial charge < -0.3 is 21.1 Å². The summed E-state index contributed by atoms with van der Waals surface area (Å²) in [5.74, 6) is -2.65. The minimum absolute atomic E-state index is 0.0208. The molecule has 0 saturated carbocycles. The van der Waals surface area contributed by atoms with Crippen LogP contribution in [0, 0.1) is 5.92 Å². The third-order valence-corrected chi connectivity index (χ3v) is 2.03. The van der Waals surface area contributed by atoms with Crippen molar-refractivity contribution in [1.82, 2.24) is 0 Å². The first-order valence-electron chi connectivity index (χ1n) is 5.60. The van der Waals surface area contributed by atoms with Crippen LogP contribution in [0.15, 0.2) is 0 Å². The first-order chi connectivity index (χ1) is 8.18. The zero-order chi connectivity index (χ0) is 14.7. The quantitative estimate of drug-likeness (QED) is 0.497. The predicted molar refractivity (Wildman–Crippen MR) is 64.2 cm³/mol. The molecule has 18 heavy (non-hydrogen) atoms. The Morgan fingerprint density at radius 2 is 1.28 bits per heavy atom. The highest BCUT2D eigenvalue weighted by Crippen LogP contribution is 1.98. The van der Waals surface area contributed by atoms with Gasteiger partial charge in [0.05, 0.1) is 0 Å². The number of carboxylic acid groups (broad SMARTS) is 3. The fourth-order valence-electron chi connectivity index (χ4n) is 0.838. The normalized spacial score (nSPS) is 11.3. The molecule has 0 bridgehead atoms. The topological polar surface area (TPSA) is 138 Å². The highest BCUT2D eigenvalue weighted by molar-refractivity contribution is 5.73. The lowest BCUT2D eigenvalue weighted by atomic mass is 10.1. The molecule has 0 aliphatic carbocycles. The average Bonchev–Trinajstić information content (AvgIpc) is 2.23. The Balaban J connectivity index is 0. The van der Waals surface area contributed by atoms with Crippen LogP contribution in [0.4, 0.5) is 0 Å². The molecular weight excluding hydrogens is 242 g/mol. The van der Waals surface area contributed by atoms with Gasteiger partial charge in [-0.05, 0) is 18.8 Å². The lowest BCUT2D eigenvalue weighted by Gasteiger charge is -2.07. The fraction of sp³-hybridized carbons (Fsp3) is 0.727. The molecular formula is C11H21NO6. The van der Waals surface area contributed by atoms with Crippen LogP contribution in [0.2, 0.25) is 0 Å². The second kappa shape index (κ2) is 10.5. The summed E-state index contributed by atoms with van der Waals surface area (Å²) < 4.78 is 0. The van der Waals surface area contributed by atoms with Crippen molar-refractivity contribution in [2.24, 2.45) is 11.7 Å². The lowest BCUT2D eigenvalue weighted by molar-refractivity contribution is -0.139. The molecule has 0 fully saturated rings. The predicted octanol–water partition coefficient (Wildman–Crippen LogP) is 0.770. The van der Waals surface area contributed by atoms with E-state index in [4.69, 9.17) is 21.1 Å². The molecule has 0 unspecified atom stereocenters. The van der Waals surface area contributed by atoms with E-state index in [1.54, 1.807) is 13.8 Å². The summed E-state index contributed by atoms with van der Waals surface area (Å²) >= 11 is 0. The number of carboxylic acids is 3. The van der Waals surface area contributed by atoms with Gasteiger partial charge in [0, 0.05) is 12.8 Å². The summed E-state index contributed by atoms with van der Waals surface area (Å²) in [6.07, 6.45) is 1.02. The molecule has 0 aromatic rings. The van der Waals surface area contributed by atoms with E-state index in [-0.39, 0.29) is 18.8 Å². The van der Waals surface area contributed by atoms with Gasteiger partial charge in [-0.15, -0.1) is 0 Å². The van der Waals surface area contributed by atoms with Gasteiger partial charge in [0.25, 0.3) is 0 Å². The molecule has 106 valence electrons. The summed E-state index contributed by atoms with van der Waals surface area (Å²) in [5, 5.41) is 24.5. The first-order valence-corrected chi connectivity index (χ1v) is 5.60. The molecule has 0 aromatic carbocycles. The van der Waals surface area contributed by atoms with Crippen LogP contribution in [0.5, 0.6) is 0 Å². The number of carbonyl (C=O) groups is 3. The summed E-state index contributed by atoms with van der Waals surface area (Å²) in [5.41, 5.74) is 5.16. The summed E-state index contributed by atoms with van der Waals surface area (Å²) in [6, 6.07) is -0.713. The van der Waals surface area contributed by atoms with Gasteiger partial charge in [0.1, 0.15) is 6.04 Å². The van der Waals surface area contributed by atoms with Crippen molar-refractivity contribution >= 4 is 17.9 Å². The Labute approximate surface area is 106 Å². The standard InChI is InChI=1S/C6H10O4.C5H11NO2/c7-5(8)3-1-2-4-6(9)10;1-3(2)4(6)5(7)8/h1-4H2,(H,7,8)(H,9,10);3-4H,6H2,1-2H3,(H,7,8)/t;4-/m.0/s1. The minimum atomic E-state index is -0.931. The lowest BCUT2D eigenvalue weighted by Crippen LogP contribution is -2.34. The summed E-state index contributed by atoms with van der Waals surface area (Å²) in [7, 11) is 0. The molecule has 0 rings (SSSR count). The SMILES string of the molecule is CC(C)[C@H](N)C(=O)O.O=C(O)CCCCC(=O)O. The van der Waals surface area contributed by atoms with E-state index in [1.165, 1.54) is 0 Å². The summed E-state index contributed by atoms with van der Waals surface area (Å²) in [4.78, 5) is 29.8. The molecule has 0 amide bonds. The van der Waals surface area contributed by atoms with Crippen LogP contribution in [0.1, 0.15) is 39.5 Å². The highest BCUT2D eigenvalue weighted by atomic mass is 16.4. The average molecular weight is 263 g/mol. The molecule has 1 atom stereocenters. The Kier molecular flexibility index (Phi) is 10.9. The third-order valence-electron chi connectivity index (χ3n) is 2.03. The maximum absolute atomic E-state index is 10.0. The molecule has 7 nitrogen and oxygen atoms in total. The van der Waals surface area contributed by atoms with Gasteiger partial charge in [-0.3, -0.25) is 14.4 Å². The van der Waals surface area contributed by atoms with Crippen molar-refractivity contribution in [2.45, 2.75) is 45.6 Å². The van der Waals surface area contributed by atoms with Crippen LogP contribution in [0.3, 0.4) is 0 Å². The van der Waals surface area contributed by atoms with E-state index >= 15 is 0 Å². The zero-order valence-electron chi connectivity index (χ0n) is 10.6. The van der Waals surface area contributed by atoms with E-state index in [9.17, 15) is 14.4 Å². The smallest absolute Gasteiger partial charge is 0.320 e. The molecule has 0 spiro atoms. The second-order valence-electron chi connectivity index (χ2n) is 4.10. The highest BCUT2D eigenvalue weighted by Gasteiger charge is 2.14. The molecule has 0 aliphatic rings. The number of aliphatic carboxylic acids is 3. The van der Waals surface area contributed by atoms with Crippen LogP contribution in [-0.4, -0.2) is 39.3 Å².